The molecule has 0 radical (unpaired) electrons. The molecule has 0 saturated carbocycles. The fourth-order valence-corrected chi connectivity index (χ4v) is 3.15. The summed E-state index contributed by atoms with van der Waals surface area (Å²) >= 11 is 0. The van der Waals surface area contributed by atoms with Gasteiger partial charge in [-0.05, 0) is 52.7 Å². The van der Waals surface area contributed by atoms with Crippen LogP contribution in [0.5, 0.6) is 0 Å². The molecule has 134 valence electrons. The van der Waals surface area contributed by atoms with Crippen molar-refractivity contribution in [2.75, 3.05) is 13.2 Å². The van der Waals surface area contributed by atoms with E-state index in [0.29, 0.717) is 28.7 Å². The predicted octanol–water partition coefficient (Wildman–Crippen LogP) is 1.60. The van der Waals surface area contributed by atoms with Gasteiger partial charge in [0.05, 0.1) is 26.4 Å². The Morgan fingerprint density at radius 1 is 0.808 bits per heavy atom. The number of hydrogen-bond donors (Lipinski definition) is 0. The molecule has 4 rings (SSSR count). The van der Waals surface area contributed by atoms with Crippen LogP contribution in [0.4, 0.5) is 13.2 Å². The average molecular weight is 362 g/mol. The third kappa shape index (κ3) is 3.27. The highest BCUT2D eigenvalue weighted by atomic mass is 19.2. The van der Waals surface area contributed by atoms with Crippen LogP contribution in [0.15, 0.2) is 24.3 Å². The first-order chi connectivity index (χ1) is 12.5. The van der Waals surface area contributed by atoms with E-state index >= 15 is 0 Å². The maximum Gasteiger partial charge on any atom is 0.494 e. The van der Waals surface area contributed by atoms with Crippen molar-refractivity contribution >= 4 is 25.2 Å². The summed E-state index contributed by atoms with van der Waals surface area (Å²) in [5.41, 5.74) is 3.18. The van der Waals surface area contributed by atoms with E-state index in [4.69, 9.17) is 18.6 Å². The van der Waals surface area contributed by atoms with Crippen molar-refractivity contribution in [1.82, 2.24) is 0 Å². The topological polar surface area (TPSA) is 36.9 Å². The van der Waals surface area contributed by atoms with Crippen LogP contribution in [0, 0.1) is 24.4 Å². The zero-order chi connectivity index (χ0) is 18.3. The van der Waals surface area contributed by atoms with Gasteiger partial charge < -0.3 is 18.6 Å². The number of rotatable bonds is 5. The number of halogens is 3. The lowest BCUT2D eigenvalue weighted by Gasteiger charge is -2.11. The predicted molar refractivity (Wildman–Crippen MR) is 89.8 cm³/mol. The fraction of sp³-hybridized carbons (Fsp3) is 0.294. The van der Waals surface area contributed by atoms with E-state index in [0.717, 1.165) is 17.7 Å². The Morgan fingerprint density at radius 2 is 1.31 bits per heavy atom. The third-order valence-corrected chi connectivity index (χ3v) is 4.51. The lowest BCUT2D eigenvalue weighted by atomic mass is 9.78. The van der Waals surface area contributed by atoms with E-state index in [9.17, 15) is 13.2 Å². The van der Waals surface area contributed by atoms with Gasteiger partial charge in [0, 0.05) is 0 Å². The molecule has 0 aromatic heterocycles. The lowest BCUT2D eigenvalue weighted by molar-refractivity contribution is 0.149. The van der Waals surface area contributed by atoms with Crippen molar-refractivity contribution in [2.45, 2.75) is 20.1 Å². The molecule has 0 aliphatic carbocycles. The highest BCUT2D eigenvalue weighted by Gasteiger charge is 2.34. The Balaban J connectivity index is 1.32. The SMILES string of the molecule is Cc1cc2c(cc1F)B(OCCOB1OCc3cc(F)c(F)cc31)OC2. The second kappa shape index (κ2) is 7.08. The molecule has 2 aliphatic rings. The molecular weight excluding hydrogens is 347 g/mol. The van der Waals surface area contributed by atoms with Crippen molar-refractivity contribution in [2.24, 2.45) is 0 Å². The Kier molecular flexibility index (Phi) is 4.79. The summed E-state index contributed by atoms with van der Waals surface area (Å²) in [5.74, 6) is -2.15. The molecule has 0 fully saturated rings. The van der Waals surface area contributed by atoms with Crippen molar-refractivity contribution in [1.29, 1.82) is 0 Å². The van der Waals surface area contributed by atoms with Crippen molar-refractivity contribution in [3.8, 4) is 0 Å². The highest BCUT2D eigenvalue weighted by Crippen LogP contribution is 2.17. The maximum absolute atomic E-state index is 13.7. The van der Waals surface area contributed by atoms with E-state index in [1.165, 1.54) is 6.07 Å². The van der Waals surface area contributed by atoms with Crippen LogP contribution in [-0.4, -0.2) is 27.5 Å². The minimum absolute atomic E-state index is 0.159. The molecular formula is C17H15B2F3O4. The van der Waals surface area contributed by atoms with E-state index in [1.54, 1.807) is 13.0 Å². The van der Waals surface area contributed by atoms with Crippen LogP contribution in [0.1, 0.15) is 16.7 Å². The molecule has 0 amide bonds. The zero-order valence-corrected chi connectivity index (χ0v) is 14.1. The maximum atomic E-state index is 13.7. The standard InChI is InChI=1S/C17H15B2F3O4/c1-10-4-11-8-25-18(13(11)6-15(10)20)23-2-3-24-19-14-7-17(22)16(21)5-12(14)9-26-19/h4-7H,2-3,8-9H2,1H3. The van der Waals surface area contributed by atoms with Gasteiger partial charge in [-0.2, -0.15) is 0 Å². The highest BCUT2D eigenvalue weighted by molar-refractivity contribution is 6.63. The van der Waals surface area contributed by atoms with Gasteiger partial charge in [-0.3, -0.25) is 0 Å². The summed E-state index contributed by atoms with van der Waals surface area (Å²) in [6, 6.07) is 5.38. The van der Waals surface area contributed by atoms with Gasteiger partial charge in [-0.25, -0.2) is 13.2 Å². The first-order valence-electron chi connectivity index (χ1n) is 8.26. The van der Waals surface area contributed by atoms with Crippen molar-refractivity contribution < 1.29 is 31.8 Å². The third-order valence-electron chi connectivity index (χ3n) is 4.51. The fourth-order valence-electron chi connectivity index (χ4n) is 3.15. The minimum atomic E-state index is -0.938. The minimum Gasteiger partial charge on any atom is -0.405 e. The molecule has 0 N–H and O–H groups in total. The van der Waals surface area contributed by atoms with Crippen molar-refractivity contribution in [3.05, 3.63) is 58.4 Å². The number of aryl methyl sites for hydroxylation is 1. The summed E-state index contributed by atoms with van der Waals surface area (Å²) in [7, 11) is -1.41. The molecule has 0 bridgehead atoms. The van der Waals surface area contributed by atoms with Crippen LogP contribution in [-0.2, 0) is 31.8 Å². The van der Waals surface area contributed by atoms with Gasteiger partial charge in [-0.15, -0.1) is 0 Å². The first-order valence-corrected chi connectivity index (χ1v) is 8.26. The molecule has 26 heavy (non-hydrogen) atoms. The number of fused-ring (bicyclic) bond motifs is 2. The largest absolute Gasteiger partial charge is 0.494 e. The molecule has 9 heteroatoms. The van der Waals surface area contributed by atoms with E-state index in [2.05, 4.69) is 0 Å². The van der Waals surface area contributed by atoms with Crippen LogP contribution in [0.2, 0.25) is 0 Å². The van der Waals surface area contributed by atoms with E-state index in [1.807, 2.05) is 0 Å². The van der Waals surface area contributed by atoms with Crippen LogP contribution in [0.3, 0.4) is 0 Å². The normalized spacial score (nSPS) is 15.5. The van der Waals surface area contributed by atoms with E-state index < -0.39 is 25.9 Å². The summed E-state index contributed by atoms with van der Waals surface area (Å²) in [5, 5.41) is 0. The van der Waals surface area contributed by atoms with Crippen LogP contribution >= 0.6 is 0 Å². The molecule has 0 atom stereocenters. The summed E-state index contributed by atoms with van der Waals surface area (Å²) in [6.45, 7) is 2.57. The van der Waals surface area contributed by atoms with Gasteiger partial charge >= 0.3 is 14.2 Å². The van der Waals surface area contributed by atoms with E-state index in [-0.39, 0.29) is 25.6 Å². The van der Waals surface area contributed by atoms with Gasteiger partial charge in [0.15, 0.2) is 11.6 Å². The molecule has 4 nitrogen and oxygen atoms in total. The molecule has 0 spiro atoms. The van der Waals surface area contributed by atoms with Gasteiger partial charge in [-0.1, -0.05) is 6.07 Å². The smallest absolute Gasteiger partial charge is 0.405 e. The van der Waals surface area contributed by atoms with Gasteiger partial charge in [0.2, 0.25) is 0 Å². The molecule has 2 aromatic rings. The van der Waals surface area contributed by atoms with Gasteiger partial charge in [0.1, 0.15) is 5.82 Å². The summed E-state index contributed by atoms with van der Waals surface area (Å²) in [4.78, 5) is 0. The number of hydrogen-bond acceptors (Lipinski definition) is 4. The Morgan fingerprint density at radius 3 is 1.92 bits per heavy atom. The zero-order valence-electron chi connectivity index (χ0n) is 14.1. The second-order valence-corrected chi connectivity index (χ2v) is 6.29. The summed E-state index contributed by atoms with van der Waals surface area (Å²) in [6.07, 6.45) is 0. The van der Waals surface area contributed by atoms with Crippen molar-refractivity contribution in [3.63, 3.8) is 0 Å². The molecule has 2 heterocycles. The first kappa shape index (κ1) is 17.6. The van der Waals surface area contributed by atoms with Crippen LogP contribution in [0.25, 0.3) is 0 Å². The Hall–Kier alpha value is -1.80. The molecule has 2 aromatic carbocycles. The molecule has 0 saturated heterocycles. The number of benzene rings is 2. The molecule has 0 unspecified atom stereocenters. The van der Waals surface area contributed by atoms with Crippen LogP contribution < -0.4 is 10.9 Å². The second-order valence-electron chi connectivity index (χ2n) is 6.29. The quantitative estimate of drug-likeness (QED) is 0.598. The lowest BCUT2D eigenvalue weighted by Crippen LogP contribution is -2.36. The Labute approximate surface area is 149 Å². The monoisotopic (exact) mass is 362 g/mol. The molecule has 2 aliphatic heterocycles. The summed E-state index contributed by atoms with van der Waals surface area (Å²) < 4.78 is 62.4. The Bertz CT molecular complexity index is 780. The van der Waals surface area contributed by atoms with Gasteiger partial charge in [0.25, 0.3) is 0 Å². The average Bonchev–Trinajstić information content (AvgIpc) is 3.17.